The molecule has 4 heteroatoms. The van der Waals surface area contributed by atoms with E-state index in [0.717, 1.165) is 22.0 Å². The van der Waals surface area contributed by atoms with Gasteiger partial charge >= 0.3 is 0 Å². The molecule has 0 fully saturated rings. The number of benzene rings is 1. The molecular weight excluding hydrogens is 254 g/mol. The first-order valence-electron chi connectivity index (χ1n) is 4.80. The van der Waals surface area contributed by atoms with Crippen molar-refractivity contribution in [3.8, 4) is 11.1 Å². The molecule has 2 aromatic rings. The molecule has 0 aliphatic rings. The Morgan fingerprint density at radius 3 is 2.80 bits per heavy atom. The summed E-state index contributed by atoms with van der Waals surface area (Å²) >= 11 is 3.46. The summed E-state index contributed by atoms with van der Waals surface area (Å²) in [6.07, 6.45) is 2.74. The Kier molecular flexibility index (Phi) is 2.77. The summed E-state index contributed by atoms with van der Waals surface area (Å²) in [5.74, 6) is 0.614. The molecule has 1 heterocycles. The van der Waals surface area contributed by atoms with E-state index >= 15 is 0 Å². The molecule has 0 unspecified atom stereocenters. The summed E-state index contributed by atoms with van der Waals surface area (Å²) in [6.45, 7) is 2.13. The van der Waals surface area contributed by atoms with Gasteiger partial charge in [0.15, 0.2) is 0 Å². The van der Waals surface area contributed by atoms with E-state index < -0.39 is 0 Å². The van der Waals surface area contributed by atoms with Crippen LogP contribution in [0.4, 0.5) is 5.82 Å². The van der Waals surface area contributed by atoms with Gasteiger partial charge in [-0.25, -0.2) is 0 Å². The number of aromatic nitrogens is 2. The van der Waals surface area contributed by atoms with E-state index in [-0.39, 0.29) is 0 Å². The van der Waals surface area contributed by atoms with Gasteiger partial charge in [0.1, 0.15) is 5.82 Å². The van der Waals surface area contributed by atoms with Gasteiger partial charge in [0.25, 0.3) is 0 Å². The van der Waals surface area contributed by atoms with Gasteiger partial charge in [0.05, 0.1) is 6.20 Å². The van der Waals surface area contributed by atoms with Crippen molar-refractivity contribution in [2.24, 2.45) is 0 Å². The summed E-state index contributed by atoms with van der Waals surface area (Å²) in [6, 6.07) is 6.21. The fraction of sp³-hybridized carbons (Fsp3) is 0.182. The largest absolute Gasteiger partial charge is 0.384 e. The molecule has 3 nitrogen and oxygen atoms in total. The fourth-order valence-corrected chi connectivity index (χ4v) is 1.98. The lowest BCUT2D eigenvalue weighted by atomic mass is 10.0. The van der Waals surface area contributed by atoms with Gasteiger partial charge in [0, 0.05) is 10.0 Å². The molecule has 0 spiro atoms. The molecule has 0 atom stereocenters. The molecule has 0 radical (unpaired) electrons. The van der Waals surface area contributed by atoms with Crippen LogP contribution in [0.2, 0.25) is 0 Å². The number of nitrogens with zero attached hydrogens (tertiary/aromatic N) is 1. The van der Waals surface area contributed by atoms with Gasteiger partial charge in [0.2, 0.25) is 0 Å². The molecule has 1 aromatic carbocycles. The molecule has 3 N–H and O–H groups in total. The second-order valence-electron chi connectivity index (χ2n) is 3.35. The summed E-state index contributed by atoms with van der Waals surface area (Å²) < 4.78 is 1.05. The van der Waals surface area contributed by atoms with Crippen molar-refractivity contribution in [2.75, 3.05) is 5.73 Å². The molecule has 0 amide bonds. The number of hydrogen-bond donors (Lipinski definition) is 2. The van der Waals surface area contributed by atoms with Gasteiger partial charge in [-0.2, -0.15) is 5.10 Å². The van der Waals surface area contributed by atoms with Gasteiger partial charge in [-0.05, 0) is 29.7 Å². The van der Waals surface area contributed by atoms with Crippen LogP contribution in [0.1, 0.15) is 12.5 Å². The molecule has 0 saturated carbocycles. The highest BCUT2D eigenvalue weighted by Gasteiger charge is 2.09. The zero-order valence-corrected chi connectivity index (χ0v) is 10.0. The average Bonchev–Trinajstić information content (AvgIpc) is 2.64. The van der Waals surface area contributed by atoms with Crippen LogP contribution in [0.3, 0.4) is 0 Å². The monoisotopic (exact) mass is 265 g/mol. The van der Waals surface area contributed by atoms with Crippen molar-refractivity contribution in [2.45, 2.75) is 13.3 Å². The SMILES string of the molecule is CCc1ccc(Br)cc1-c1cn[nH]c1N. The normalized spacial score (nSPS) is 10.5. The Hall–Kier alpha value is -1.29. The highest BCUT2D eigenvalue weighted by atomic mass is 79.9. The van der Waals surface area contributed by atoms with Crippen molar-refractivity contribution in [3.05, 3.63) is 34.4 Å². The van der Waals surface area contributed by atoms with Gasteiger partial charge in [-0.3, -0.25) is 5.10 Å². The van der Waals surface area contributed by atoms with Crippen LogP contribution in [0, 0.1) is 0 Å². The minimum Gasteiger partial charge on any atom is -0.384 e. The standard InChI is InChI=1S/C11H12BrN3/c1-2-7-3-4-8(12)5-9(7)10-6-14-15-11(10)13/h3-6H,2H2,1H3,(H3,13,14,15). The van der Waals surface area contributed by atoms with Crippen molar-refractivity contribution in [3.63, 3.8) is 0 Å². The summed E-state index contributed by atoms with van der Waals surface area (Å²) in [4.78, 5) is 0. The molecular formula is C11H12BrN3. The van der Waals surface area contributed by atoms with E-state index in [4.69, 9.17) is 5.73 Å². The maximum atomic E-state index is 5.81. The van der Waals surface area contributed by atoms with Gasteiger partial charge in [-0.1, -0.05) is 28.9 Å². The molecule has 78 valence electrons. The van der Waals surface area contributed by atoms with Crippen molar-refractivity contribution >= 4 is 21.7 Å². The molecule has 0 aliphatic heterocycles. The number of nitrogens with one attached hydrogen (secondary N) is 1. The van der Waals surface area contributed by atoms with Crippen LogP contribution in [-0.2, 0) is 6.42 Å². The maximum Gasteiger partial charge on any atom is 0.126 e. The van der Waals surface area contributed by atoms with E-state index in [2.05, 4.69) is 45.2 Å². The van der Waals surface area contributed by atoms with Crippen molar-refractivity contribution in [1.82, 2.24) is 10.2 Å². The van der Waals surface area contributed by atoms with Crippen LogP contribution < -0.4 is 5.73 Å². The smallest absolute Gasteiger partial charge is 0.126 e. The van der Waals surface area contributed by atoms with E-state index in [9.17, 15) is 0 Å². The Morgan fingerprint density at radius 2 is 2.20 bits per heavy atom. The molecule has 2 rings (SSSR count). The predicted octanol–water partition coefficient (Wildman–Crippen LogP) is 2.98. The fourth-order valence-electron chi connectivity index (χ4n) is 1.62. The number of nitrogen functional groups attached to an aromatic ring is 1. The third-order valence-electron chi connectivity index (χ3n) is 2.41. The zero-order chi connectivity index (χ0) is 10.8. The Labute approximate surface area is 96.8 Å². The van der Waals surface area contributed by atoms with Crippen LogP contribution in [0.25, 0.3) is 11.1 Å². The Morgan fingerprint density at radius 1 is 1.40 bits per heavy atom. The molecule has 0 saturated heterocycles. The second-order valence-corrected chi connectivity index (χ2v) is 4.27. The zero-order valence-electron chi connectivity index (χ0n) is 8.42. The minimum absolute atomic E-state index is 0.614. The molecule has 0 bridgehead atoms. The van der Waals surface area contributed by atoms with Crippen LogP contribution in [0.15, 0.2) is 28.9 Å². The van der Waals surface area contributed by atoms with Crippen LogP contribution in [-0.4, -0.2) is 10.2 Å². The van der Waals surface area contributed by atoms with E-state index in [1.54, 1.807) is 6.20 Å². The maximum absolute atomic E-state index is 5.81. The lowest BCUT2D eigenvalue weighted by molar-refractivity contribution is 1.10. The average molecular weight is 266 g/mol. The van der Waals surface area contributed by atoms with Crippen molar-refractivity contribution < 1.29 is 0 Å². The highest BCUT2D eigenvalue weighted by molar-refractivity contribution is 9.10. The number of H-pyrrole nitrogens is 1. The van der Waals surface area contributed by atoms with Crippen LogP contribution in [0.5, 0.6) is 0 Å². The lowest BCUT2D eigenvalue weighted by Crippen LogP contribution is -1.91. The van der Waals surface area contributed by atoms with Gasteiger partial charge < -0.3 is 5.73 Å². The highest BCUT2D eigenvalue weighted by Crippen LogP contribution is 2.30. The summed E-state index contributed by atoms with van der Waals surface area (Å²) in [7, 11) is 0. The summed E-state index contributed by atoms with van der Waals surface area (Å²) in [5.41, 5.74) is 9.19. The van der Waals surface area contributed by atoms with Crippen molar-refractivity contribution in [1.29, 1.82) is 0 Å². The van der Waals surface area contributed by atoms with Crippen LogP contribution >= 0.6 is 15.9 Å². The first kappa shape index (κ1) is 10.2. The molecule has 15 heavy (non-hydrogen) atoms. The number of halogens is 1. The molecule has 1 aromatic heterocycles. The number of hydrogen-bond acceptors (Lipinski definition) is 2. The van der Waals surface area contributed by atoms with E-state index in [1.165, 1.54) is 5.56 Å². The lowest BCUT2D eigenvalue weighted by Gasteiger charge is -2.07. The minimum atomic E-state index is 0.614. The number of aromatic amines is 1. The van der Waals surface area contributed by atoms with Gasteiger partial charge in [-0.15, -0.1) is 0 Å². The molecule has 0 aliphatic carbocycles. The predicted molar refractivity (Wildman–Crippen MR) is 65.5 cm³/mol. The van der Waals surface area contributed by atoms with E-state index in [0.29, 0.717) is 5.82 Å². The number of anilines is 1. The first-order chi connectivity index (χ1) is 7.22. The first-order valence-corrected chi connectivity index (χ1v) is 5.59. The topological polar surface area (TPSA) is 54.7 Å². The van der Waals surface area contributed by atoms with E-state index in [1.807, 2.05) is 6.07 Å². The third kappa shape index (κ3) is 1.90. The third-order valence-corrected chi connectivity index (χ3v) is 2.91. The summed E-state index contributed by atoms with van der Waals surface area (Å²) in [5, 5.41) is 6.69. The Bertz CT molecular complexity index is 476. The Balaban J connectivity index is 2.60. The second kappa shape index (κ2) is 4.06. The number of rotatable bonds is 2. The number of aryl methyl sites for hydroxylation is 1. The quantitative estimate of drug-likeness (QED) is 0.877. The number of nitrogens with two attached hydrogens (primary N) is 1.